The Morgan fingerprint density at radius 3 is 1.76 bits per heavy atom. The van der Waals surface area contributed by atoms with Crippen molar-refractivity contribution < 1.29 is 21.9 Å². The van der Waals surface area contributed by atoms with Crippen LogP contribution in [0.15, 0.2) is 101 Å². The van der Waals surface area contributed by atoms with Crippen molar-refractivity contribution in [3.05, 3.63) is 102 Å². The van der Waals surface area contributed by atoms with Crippen LogP contribution in [-0.4, -0.2) is 52.1 Å². The summed E-state index contributed by atoms with van der Waals surface area (Å²) in [6.45, 7) is -0.189. The van der Waals surface area contributed by atoms with E-state index in [-0.39, 0.29) is 16.4 Å². The third-order valence-electron chi connectivity index (χ3n) is 5.75. The molecule has 8 nitrogen and oxygen atoms in total. The molecule has 5 N–H and O–H groups in total. The van der Waals surface area contributed by atoms with Crippen molar-refractivity contribution in [2.24, 2.45) is 11.6 Å². The van der Waals surface area contributed by atoms with E-state index in [4.69, 9.17) is 11.6 Å². The first-order valence-electron chi connectivity index (χ1n) is 11.4. The molecule has 0 saturated heterocycles. The second-order valence-corrected chi connectivity index (χ2v) is 12.8. The minimum absolute atomic E-state index is 0.189. The Kier molecular flexibility index (Phi) is 8.93. The van der Waals surface area contributed by atoms with E-state index >= 15 is 0 Å². The van der Waals surface area contributed by atoms with Crippen LogP contribution in [-0.2, 0) is 26.1 Å². The summed E-state index contributed by atoms with van der Waals surface area (Å²) in [6, 6.07) is 20.4. The Morgan fingerprint density at radius 2 is 1.30 bits per heavy atom. The summed E-state index contributed by atoms with van der Waals surface area (Å²) in [5, 5.41) is 11.3. The van der Waals surface area contributed by atoms with Crippen LogP contribution in [0.2, 0.25) is 0 Å². The molecule has 0 radical (unpaired) electrons. The zero-order chi connectivity index (χ0) is 27.2. The highest BCUT2D eigenvalue weighted by Gasteiger charge is 2.14. The molecular formula is C27H31N3O5S2. The van der Waals surface area contributed by atoms with Gasteiger partial charge in [-0.2, -0.15) is 0 Å². The molecular weight excluding hydrogens is 510 g/mol. The van der Waals surface area contributed by atoms with Gasteiger partial charge >= 0.3 is 0 Å². The monoisotopic (exact) mass is 541 g/mol. The molecule has 0 saturated carbocycles. The van der Waals surface area contributed by atoms with Gasteiger partial charge in [-0.3, -0.25) is 0 Å². The first-order valence-corrected chi connectivity index (χ1v) is 15.1. The Morgan fingerprint density at radius 1 is 0.838 bits per heavy atom. The Hall–Kier alpha value is -3.44. The van der Waals surface area contributed by atoms with Crippen LogP contribution in [0.5, 0.6) is 0 Å². The van der Waals surface area contributed by atoms with Gasteiger partial charge in [-0.15, -0.1) is 0 Å². The van der Waals surface area contributed by atoms with Crippen molar-refractivity contribution >= 4 is 25.8 Å². The van der Waals surface area contributed by atoms with E-state index < -0.39 is 25.7 Å². The maximum absolute atomic E-state index is 11.7. The third-order valence-corrected chi connectivity index (χ3v) is 8.01. The summed E-state index contributed by atoms with van der Waals surface area (Å²) >= 11 is 0. The lowest BCUT2D eigenvalue weighted by Gasteiger charge is -2.25. The van der Waals surface area contributed by atoms with Crippen LogP contribution in [0.1, 0.15) is 11.1 Å². The van der Waals surface area contributed by atoms with Gasteiger partial charge in [0.25, 0.3) is 0 Å². The van der Waals surface area contributed by atoms with Gasteiger partial charge in [-0.25, -0.2) is 22.7 Å². The number of nitrogens with two attached hydrogens (primary N) is 2. The highest BCUT2D eigenvalue weighted by Crippen LogP contribution is 2.22. The number of aliphatic hydroxyl groups excluding tert-OH is 1. The van der Waals surface area contributed by atoms with Gasteiger partial charge in [0.1, 0.15) is 0 Å². The molecule has 0 heterocycles. The lowest BCUT2D eigenvalue weighted by atomic mass is 10.0. The van der Waals surface area contributed by atoms with Gasteiger partial charge in [0.2, 0.25) is 0 Å². The van der Waals surface area contributed by atoms with E-state index in [0.717, 1.165) is 28.5 Å². The molecule has 10 heteroatoms. The predicted octanol–water partition coefficient (Wildman–Crippen LogP) is 2.75. The molecule has 0 spiro atoms. The average Bonchev–Trinajstić information content (AvgIpc) is 2.85. The number of benzene rings is 3. The van der Waals surface area contributed by atoms with Gasteiger partial charge in [0.05, 0.1) is 22.4 Å². The van der Waals surface area contributed by atoms with E-state index in [9.17, 15) is 21.9 Å². The highest BCUT2D eigenvalue weighted by atomic mass is 32.2. The van der Waals surface area contributed by atoms with Gasteiger partial charge in [0, 0.05) is 24.4 Å². The van der Waals surface area contributed by atoms with Gasteiger partial charge in [-0.1, -0.05) is 54.6 Å². The number of hydrogen-bond donors (Lipinski definition) is 3. The van der Waals surface area contributed by atoms with Crippen molar-refractivity contribution in [2.75, 3.05) is 19.1 Å². The first-order chi connectivity index (χ1) is 17.4. The zero-order valence-corrected chi connectivity index (χ0v) is 22.3. The molecule has 0 amide bonds. The molecule has 0 aromatic heterocycles. The molecule has 196 valence electrons. The summed E-state index contributed by atoms with van der Waals surface area (Å²) in [5.41, 5.74) is 9.99. The average molecular weight is 542 g/mol. The van der Waals surface area contributed by atoms with Crippen molar-refractivity contribution in [1.82, 2.24) is 5.01 Å². The maximum atomic E-state index is 11.7. The number of sulfone groups is 2. The molecule has 0 aliphatic heterocycles. The number of hydrogen-bond acceptors (Lipinski definition) is 8. The number of hydrazine groups is 1. The molecule has 3 aromatic carbocycles. The van der Waals surface area contributed by atoms with Crippen LogP contribution in [0.25, 0.3) is 17.2 Å². The molecule has 0 bridgehead atoms. The molecule has 37 heavy (non-hydrogen) atoms. The van der Waals surface area contributed by atoms with Gasteiger partial charge in [0.15, 0.2) is 19.7 Å². The highest BCUT2D eigenvalue weighted by molar-refractivity contribution is 7.91. The molecule has 0 aliphatic carbocycles. The van der Waals surface area contributed by atoms with Gasteiger partial charge in [-0.05, 0) is 59.0 Å². The van der Waals surface area contributed by atoms with Gasteiger partial charge < -0.3 is 15.8 Å². The van der Waals surface area contributed by atoms with Crippen LogP contribution in [0.3, 0.4) is 0 Å². The summed E-state index contributed by atoms with van der Waals surface area (Å²) < 4.78 is 46.4. The van der Waals surface area contributed by atoms with E-state index in [0.29, 0.717) is 12.1 Å². The summed E-state index contributed by atoms with van der Waals surface area (Å²) in [5.74, 6) is 6.15. The number of nitrogens with zero attached hydrogens (tertiary/aromatic N) is 1. The van der Waals surface area contributed by atoms with E-state index in [2.05, 4.69) is 0 Å². The molecule has 3 aromatic rings. The normalized spacial score (nSPS) is 13.6. The molecule has 0 fully saturated rings. The van der Waals surface area contributed by atoms with Crippen molar-refractivity contribution in [3.63, 3.8) is 0 Å². The van der Waals surface area contributed by atoms with Crippen molar-refractivity contribution in [1.29, 1.82) is 0 Å². The van der Waals surface area contributed by atoms with E-state index in [1.54, 1.807) is 48.6 Å². The quantitative estimate of drug-likeness (QED) is 0.202. The fraction of sp³-hybridized carbons (Fsp3) is 0.185. The fourth-order valence-corrected chi connectivity index (χ4v) is 4.86. The number of rotatable bonds is 10. The molecule has 0 aliphatic rings. The lowest BCUT2D eigenvalue weighted by molar-refractivity contribution is 0.164. The summed E-state index contributed by atoms with van der Waals surface area (Å²) in [4.78, 5) is 0.513. The maximum Gasteiger partial charge on any atom is 0.175 e. The number of allylic oxidation sites excluding steroid dienone is 1. The molecule has 3 rings (SSSR count). The fourth-order valence-electron chi connectivity index (χ4n) is 3.60. The standard InChI is InChI=1S/C27H31N3O5S2/c1-36(32,33)26-13-6-20(7-14-26)5-12-24(28)18-30(29)25(19-31)17-21-3-8-22(9-4-21)23-10-15-27(16-11-23)37(2,34)35/h3-16,18,25,31H,17,19,28-29H2,1-2H3/b12-5+,24-18-. The second-order valence-electron chi connectivity index (χ2n) is 8.78. The SMILES string of the molecule is CS(=O)(=O)c1ccc(/C=C/C(N)=C/N(N)C(CO)Cc2ccc(-c3ccc(S(C)(=O)=O)cc3)cc2)cc1. The van der Waals surface area contributed by atoms with Crippen molar-refractivity contribution in [2.45, 2.75) is 22.3 Å². The minimum Gasteiger partial charge on any atom is -0.398 e. The van der Waals surface area contributed by atoms with E-state index in [1.165, 1.54) is 29.6 Å². The minimum atomic E-state index is -3.26. The molecule has 1 unspecified atom stereocenters. The largest absolute Gasteiger partial charge is 0.398 e. The van der Waals surface area contributed by atoms with Crippen LogP contribution < -0.4 is 11.6 Å². The predicted molar refractivity (Wildman–Crippen MR) is 146 cm³/mol. The van der Waals surface area contributed by atoms with Crippen molar-refractivity contribution in [3.8, 4) is 11.1 Å². The Labute approximate surface area is 218 Å². The molecule has 1 atom stereocenters. The Balaban J connectivity index is 1.64. The third kappa shape index (κ3) is 8.02. The van der Waals surface area contributed by atoms with E-state index in [1.807, 2.05) is 24.3 Å². The smallest absolute Gasteiger partial charge is 0.175 e. The lowest BCUT2D eigenvalue weighted by Crippen LogP contribution is -2.41. The zero-order valence-electron chi connectivity index (χ0n) is 20.7. The number of aliphatic hydroxyl groups is 1. The summed E-state index contributed by atoms with van der Waals surface area (Å²) in [6.07, 6.45) is 7.71. The second kappa shape index (κ2) is 11.7. The van der Waals surface area contributed by atoms with Crippen LogP contribution in [0.4, 0.5) is 0 Å². The first kappa shape index (κ1) is 28.1. The van der Waals surface area contributed by atoms with Crippen LogP contribution >= 0.6 is 0 Å². The summed E-state index contributed by atoms with van der Waals surface area (Å²) in [7, 11) is -6.50. The topological polar surface area (TPSA) is 144 Å². The van der Waals surface area contributed by atoms with Crippen LogP contribution in [0, 0.1) is 0 Å². The Bertz CT molecular complexity index is 1480.